The summed E-state index contributed by atoms with van der Waals surface area (Å²) in [6.07, 6.45) is 1.17. The molecule has 2 aromatic carbocycles. The van der Waals surface area contributed by atoms with Crippen LogP contribution >= 0.6 is 23.2 Å². The Labute approximate surface area is 174 Å². The average molecular weight is 443 g/mol. The maximum absolute atomic E-state index is 12.9. The molecule has 2 aromatic rings. The van der Waals surface area contributed by atoms with Gasteiger partial charge in [-0.2, -0.15) is 4.31 Å². The fraction of sp³-hybridized carbons (Fsp3) is 0.316. The molecule has 1 atom stereocenters. The van der Waals surface area contributed by atoms with Crippen LogP contribution in [0.3, 0.4) is 0 Å². The highest BCUT2D eigenvalue weighted by atomic mass is 35.5. The molecule has 0 saturated carbocycles. The van der Waals surface area contributed by atoms with Crippen LogP contribution < -0.4 is 10.1 Å². The molecule has 6 nitrogen and oxygen atoms in total. The number of hydrogen-bond donors (Lipinski definition) is 1. The molecule has 150 valence electrons. The second-order valence-electron chi connectivity index (χ2n) is 6.46. The predicted octanol–water partition coefficient (Wildman–Crippen LogP) is 4.04. The molecule has 0 aromatic heterocycles. The van der Waals surface area contributed by atoms with Gasteiger partial charge in [-0.15, -0.1) is 0 Å². The number of piperidine rings is 1. The van der Waals surface area contributed by atoms with Crippen molar-refractivity contribution in [2.75, 3.05) is 25.5 Å². The zero-order valence-electron chi connectivity index (χ0n) is 15.2. The minimum Gasteiger partial charge on any atom is -0.497 e. The van der Waals surface area contributed by atoms with E-state index in [9.17, 15) is 13.2 Å². The van der Waals surface area contributed by atoms with Crippen molar-refractivity contribution < 1.29 is 17.9 Å². The van der Waals surface area contributed by atoms with Gasteiger partial charge in [0.2, 0.25) is 15.9 Å². The quantitative estimate of drug-likeness (QED) is 0.757. The summed E-state index contributed by atoms with van der Waals surface area (Å²) < 4.78 is 32.3. The molecule has 0 bridgehead atoms. The van der Waals surface area contributed by atoms with Gasteiger partial charge in [0.1, 0.15) is 5.75 Å². The maximum Gasteiger partial charge on any atom is 0.243 e. The molecule has 1 amide bonds. The second kappa shape index (κ2) is 8.69. The van der Waals surface area contributed by atoms with Crippen LogP contribution in [0.5, 0.6) is 5.75 Å². The Bertz CT molecular complexity index is 944. The minimum absolute atomic E-state index is 0.0995. The van der Waals surface area contributed by atoms with Crippen molar-refractivity contribution in [3.05, 3.63) is 52.5 Å². The Morgan fingerprint density at radius 1 is 1.14 bits per heavy atom. The third-order valence-corrected chi connectivity index (χ3v) is 7.17. The lowest BCUT2D eigenvalue weighted by molar-refractivity contribution is -0.120. The van der Waals surface area contributed by atoms with E-state index < -0.39 is 15.9 Å². The van der Waals surface area contributed by atoms with Crippen molar-refractivity contribution >= 4 is 44.8 Å². The van der Waals surface area contributed by atoms with E-state index in [0.29, 0.717) is 40.9 Å². The Balaban J connectivity index is 1.75. The monoisotopic (exact) mass is 442 g/mol. The van der Waals surface area contributed by atoms with Crippen molar-refractivity contribution in [2.45, 2.75) is 17.7 Å². The molecule has 0 aliphatic carbocycles. The zero-order valence-corrected chi connectivity index (χ0v) is 17.5. The molecule has 1 fully saturated rings. The van der Waals surface area contributed by atoms with Crippen molar-refractivity contribution in [2.24, 2.45) is 5.92 Å². The Morgan fingerprint density at radius 3 is 2.39 bits per heavy atom. The third-order valence-electron chi connectivity index (χ3n) is 4.66. The molecule has 0 spiro atoms. The van der Waals surface area contributed by atoms with Gasteiger partial charge in [-0.25, -0.2) is 8.42 Å². The lowest BCUT2D eigenvalue weighted by Gasteiger charge is -2.31. The third kappa shape index (κ3) is 4.43. The summed E-state index contributed by atoms with van der Waals surface area (Å²) in [4.78, 5) is 12.9. The Kier molecular flexibility index (Phi) is 6.50. The number of amides is 1. The smallest absolute Gasteiger partial charge is 0.243 e. The second-order valence-corrected chi connectivity index (χ2v) is 9.22. The molecular formula is C19H20Cl2N2O4S. The van der Waals surface area contributed by atoms with Crippen LogP contribution in [0.4, 0.5) is 5.69 Å². The molecule has 9 heteroatoms. The first-order valence-corrected chi connectivity index (χ1v) is 10.9. The largest absolute Gasteiger partial charge is 0.497 e. The number of halogens is 2. The molecule has 1 aliphatic rings. The van der Waals surface area contributed by atoms with Crippen LogP contribution in [-0.4, -0.2) is 38.8 Å². The lowest BCUT2D eigenvalue weighted by atomic mass is 9.98. The SMILES string of the molecule is COc1ccc(S(=O)(=O)N2CCC[C@H](C(=O)Nc3c(Cl)cccc3Cl)C2)cc1. The first-order valence-electron chi connectivity index (χ1n) is 8.72. The summed E-state index contributed by atoms with van der Waals surface area (Å²) in [6, 6.07) is 11.1. The average Bonchev–Trinajstić information content (AvgIpc) is 2.71. The molecule has 1 aliphatic heterocycles. The van der Waals surface area contributed by atoms with Gasteiger partial charge in [-0.1, -0.05) is 29.3 Å². The van der Waals surface area contributed by atoms with Gasteiger partial charge < -0.3 is 10.1 Å². The van der Waals surface area contributed by atoms with Crippen molar-refractivity contribution in [1.82, 2.24) is 4.31 Å². The number of carbonyl (C=O) groups excluding carboxylic acids is 1. The fourth-order valence-corrected chi connectivity index (χ4v) is 5.13. The van der Waals surface area contributed by atoms with Gasteiger partial charge in [-0.3, -0.25) is 4.79 Å². The van der Waals surface area contributed by atoms with Crippen molar-refractivity contribution in [3.63, 3.8) is 0 Å². The summed E-state index contributed by atoms with van der Waals surface area (Å²) >= 11 is 12.2. The topological polar surface area (TPSA) is 75.7 Å². The minimum atomic E-state index is -3.70. The van der Waals surface area contributed by atoms with Gasteiger partial charge in [0.15, 0.2) is 0 Å². The first kappa shape index (κ1) is 20.9. The number of para-hydroxylation sites is 1. The number of nitrogens with zero attached hydrogens (tertiary/aromatic N) is 1. The summed E-state index contributed by atoms with van der Waals surface area (Å²) in [5, 5.41) is 3.40. The lowest BCUT2D eigenvalue weighted by Crippen LogP contribution is -2.43. The number of benzene rings is 2. The molecule has 1 heterocycles. The maximum atomic E-state index is 12.9. The zero-order chi connectivity index (χ0) is 20.3. The van der Waals surface area contributed by atoms with Crippen LogP contribution in [0.25, 0.3) is 0 Å². The van der Waals surface area contributed by atoms with E-state index in [2.05, 4.69) is 5.32 Å². The molecule has 1 N–H and O–H groups in total. The predicted molar refractivity (Wildman–Crippen MR) is 110 cm³/mol. The molecule has 28 heavy (non-hydrogen) atoms. The van der Waals surface area contributed by atoms with Crippen molar-refractivity contribution in [1.29, 1.82) is 0 Å². The number of sulfonamides is 1. The Hall–Kier alpha value is -1.80. The number of ether oxygens (including phenoxy) is 1. The van der Waals surface area contributed by atoms with Crippen LogP contribution in [0, 0.1) is 5.92 Å². The highest BCUT2D eigenvalue weighted by Gasteiger charge is 2.33. The number of hydrogen-bond acceptors (Lipinski definition) is 4. The van der Waals surface area contributed by atoms with Gasteiger partial charge in [0.05, 0.1) is 33.7 Å². The van der Waals surface area contributed by atoms with E-state index in [0.717, 1.165) is 0 Å². The van der Waals surface area contributed by atoms with E-state index in [-0.39, 0.29) is 17.3 Å². The normalized spacial score (nSPS) is 17.9. The van der Waals surface area contributed by atoms with Gasteiger partial charge >= 0.3 is 0 Å². The van der Waals surface area contributed by atoms with Crippen LogP contribution in [-0.2, 0) is 14.8 Å². The summed E-state index contributed by atoms with van der Waals surface area (Å²) in [6.45, 7) is 0.466. The molecule has 1 saturated heterocycles. The van der Waals surface area contributed by atoms with E-state index in [1.807, 2.05) is 0 Å². The highest BCUT2D eigenvalue weighted by molar-refractivity contribution is 7.89. The fourth-order valence-electron chi connectivity index (χ4n) is 3.11. The number of anilines is 1. The van der Waals surface area contributed by atoms with Gasteiger partial charge in [0, 0.05) is 13.1 Å². The first-order chi connectivity index (χ1) is 13.3. The van der Waals surface area contributed by atoms with Crippen LogP contribution in [0.1, 0.15) is 12.8 Å². The van der Waals surface area contributed by atoms with E-state index >= 15 is 0 Å². The van der Waals surface area contributed by atoms with E-state index in [1.165, 1.54) is 23.5 Å². The number of rotatable bonds is 5. The summed E-state index contributed by atoms with van der Waals surface area (Å²) in [5.74, 6) is -0.217. The van der Waals surface area contributed by atoms with Crippen LogP contribution in [0.2, 0.25) is 10.0 Å². The standard InChI is InChI=1S/C19H20Cl2N2O4S/c1-27-14-7-9-15(10-8-14)28(25,26)23-11-3-4-13(12-23)19(24)22-18-16(20)5-2-6-17(18)21/h2,5-10,13H,3-4,11-12H2,1H3,(H,22,24)/t13-/m0/s1. The van der Waals surface area contributed by atoms with Gasteiger partial charge in [0.25, 0.3) is 0 Å². The molecular weight excluding hydrogens is 423 g/mol. The van der Waals surface area contributed by atoms with Crippen molar-refractivity contribution in [3.8, 4) is 5.75 Å². The number of methoxy groups -OCH3 is 1. The number of carbonyl (C=O) groups is 1. The van der Waals surface area contributed by atoms with E-state index in [1.54, 1.807) is 30.3 Å². The summed E-state index contributed by atoms with van der Waals surface area (Å²) in [5.41, 5.74) is 0.339. The van der Waals surface area contributed by atoms with Gasteiger partial charge in [-0.05, 0) is 49.2 Å². The Morgan fingerprint density at radius 2 is 1.79 bits per heavy atom. The van der Waals surface area contributed by atoms with Crippen LogP contribution in [0.15, 0.2) is 47.4 Å². The highest BCUT2D eigenvalue weighted by Crippen LogP contribution is 2.31. The molecule has 0 unspecified atom stereocenters. The number of nitrogens with one attached hydrogen (secondary N) is 1. The molecule has 0 radical (unpaired) electrons. The van der Waals surface area contributed by atoms with E-state index in [4.69, 9.17) is 27.9 Å². The summed E-state index contributed by atoms with van der Waals surface area (Å²) in [7, 11) is -2.18. The molecule has 3 rings (SSSR count).